The maximum Gasteiger partial charge on any atom is 0.296 e. The third-order valence-electron chi connectivity index (χ3n) is 3.39. The number of aromatic nitrogens is 2. The number of benzene rings is 2. The van der Waals surface area contributed by atoms with E-state index in [4.69, 9.17) is 8.94 Å². The van der Waals surface area contributed by atoms with Crippen molar-refractivity contribution >= 4 is 17.1 Å². The molecule has 0 fully saturated rings. The fourth-order valence-electron chi connectivity index (χ4n) is 2.28. The Balaban J connectivity index is 1.49. The number of anilines is 1. The van der Waals surface area contributed by atoms with E-state index in [2.05, 4.69) is 15.5 Å². The number of nitrogens with one attached hydrogen (secondary N) is 1. The van der Waals surface area contributed by atoms with Crippen LogP contribution >= 0.6 is 0 Å². The Kier molecular flexibility index (Phi) is 3.27. The van der Waals surface area contributed by atoms with Crippen LogP contribution in [0.2, 0.25) is 0 Å². The molecule has 0 aliphatic carbocycles. The average molecular weight is 309 g/mol. The minimum Gasteiger partial charge on any atom is -0.424 e. The van der Waals surface area contributed by atoms with Gasteiger partial charge < -0.3 is 14.3 Å². The van der Waals surface area contributed by atoms with Gasteiger partial charge in [0.2, 0.25) is 0 Å². The SMILES string of the molecule is Fc1ccc2oc(NCc3cc(-c4ccccc4)on3)nc2c1. The lowest BCUT2D eigenvalue weighted by Gasteiger charge is -1.95. The number of hydrogen-bond donors (Lipinski definition) is 1. The Morgan fingerprint density at radius 3 is 2.78 bits per heavy atom. The normalized spacial score (nSPS) is 11.0. The fraction of sp³-hybridized carbons (Fsp3) is 0.0588. The highest BCUT2D eigenvalue weighted by Gasteiger charge is 2.09. The van der Waals surface area contributed by atoms with Crippen molar-refractivity contribution in [3.05, 3.63) is 66.1 Å². The van der Waals surface area contributed by atoms with E-state index >= 15 is 0 Å². The summed E-state index contributed by atoms with van der Waals surface area (Å²) < 4.78 is 23.9. The van der Waals surface area contributed by atoms with Gasteiger partial charge in [0.1, 0.15) is 17.0 Å². The molecular weight excluding hydrogens is 297 g/mol. The second kappa shape index (κ2) is 5.57. The standard InChI is InChI=1S/C17H12FN3O2/c18-12-6-7-15-14(8-12)20-17(22-15)19-10-13-9-16(23-21-13)11-4-2-1-3-5-11/h1-9H,10H2,(H,19,20). The second-order valence-corrected chi connectivity index (χ2v) is 5.03. The first-order chi connectivity index (χ1) is 11.3. The molecule has 1 N–H and O–H groups in total. The number of halogens is 1. The van der Waals surface area contributed by atoms with E-state index in [0.29, 0.717) is 29.4 Å². The van der Waals surface area contributed by atoms with Crippen LogP contribution in [0.4, 0.5) is 10.4 Å². The molecule has 0 saturated heterocycles. The molecule has 2 aromatic carbocycles. The summed E-state index contributed by atoms with van der Waals surface area (Å²) in [4.78, 5) is 4.18. The van der Waals surface area contributed by atoms with E-state index in [0.717, 1.165) is 11.3 Å². The van der Waals surface area contributed by atoms with Gasteiger partial charge in [-0.15, -0.1) is 0 Å². The molecule has 0 bridgehead atoms. The van der Waals surface area contributed by atoms with Gasteiger partial charge in [-0.3, -0.25) is 0 Å². The molecule has 5 nitrogen and oxygen atoms in total. The zero-order valence-electron chi connectivity index (χ0n) is 12.0. The van der Waals surface area contributed by atoms with Crippen LogP contribution in [-0.4, -0.2) is 10.1 Å². The highest BCUT2D eigenvalue weighted by Crippen LogP contribution is 2.22. The first-order valence-corrected chi connectivity index (χ1v) is 7.09. The topological polar surface area (TPSA) is 64.1 Å². The highest BCUT2D eigenvalue weighted by molar-refractivity contribution is 5.74. The van der Waals surface area contributed by atoms with Gasteiger partial charge in [-0.2, -0.15) is 4.98 Å². The first kappa shape index (κ1) is 13.5. The number of hydrogen-bond acceptors (Lipinski definition) is 5. The van der Waals surface area contributed by atoms with Crippen molar-refractivity contribution in [2.75, 3.05) is 5.32 Å². The second-order valence-electron chi connectivity index (χ2n) is 5.03. The highest BCUT2D eigenvalue weighted by atomic mass is 19.1. The van der Waals surface area contributed by atoms with Gasteiger partial charge in [-0.1, -0.05) is 35.5 Å². The van der Waals surface area contributed by atoms with Gasteiger partial charge in [-0.25, -0.2) is 4.39 Å². The Labute approximate surface area is 130 Å². The predicted molar refractivity (Wildman–Crippen MR) is 83.2 cm³/mol. The molecule has 0 saturated carbocycles. The molecule has 4 rings (SSSR count). The summed E-state index contributed by atoms with van der Waals surface area (Å²) in [5.41, 5.74) is 2.68. The quantitative estimate of drug-likeness (QED) is 0.611. The van der Waals surface area contributed by atoms with Gasteiger partial charge in [0.25, 0.3) is 6.01 Å². The summed E-state index contributed by atoms with van der Waals surface area (Å²) >= 11 is 0. The lowest BCUT2D eigenvalue weighted by Crippen LogP contribution is -1.99. The largest absolute Gasteiger partial charge is 0.424 e. The summed E-state index contributed by atoms with van der Waals surface area (Å²) in [5.74, 6) is 0.350. The zero-order chi connectivity index (χ0) is 15.6. The van der Waals surface area contributed by atoms with Gasteiger partial charge in [-0.05, 0) is 12.1 Å². The Morgan fingerprint density at radius 2 is 1.91 bits per heavy atom. The molecule has 2 heterocycles. The number of fused-ring (bicyclic) bond motifs is 1. The first-order valence-electron chi connectivity index (χ1n) is 7.09. The van der Waals surface area contributed by atoms with Crippen LogP contribution < -0.4 is 5.32 Å². The molecule has 0 radical (unpaired) electrons. The van der Waals surface area contributed by atoms with E-state index in [-0.39, 0.29) is 5.82 Å². The minimum atomic E-state index is -0.346. The number of oxazole rings is 1. The monoisotopic (exact) mass is 309 g/mol. The third kappa shape index (κ3) is 2.78. The van der Waals surface area contributed by atoms with Crippen molar-refractivity contribution < 1.29 is 13.3 Å². The summed E-state index contributed by atoms with van der Waals surface area (Å²) in [6.45, 7) is 0.394. The molecule has 4 aromatic rings. The lowest BCUT2D eigenvalue weighted by molar-refractivity contribution is 0.424. The van der Waals surface area contributed by atoms with Gasteiger partial charge in [0.05, 0.1) is 6.54 Å². The minimum absolute atomic E-state index is 0.315. The van der Waals surface area contributed by atoms with Crippen molar-refractivity contribution in [2.24, 2.45) is 0 Å². The zero-order valence-corrected chi connectivity index (χ0v) is 12.0. The summed E-state index contributed by atoms with van der Waals surface area (Å²) in [6.07, 6.45) is 0. The van der Waals surface area contributed by atoms with Crippen LogP contribution in [-0.2, 0) is 6.54 Å². The maximum atomic E-state index is 13.1. The summed E-state index contributed by atoms with van der Waals surface area (Å²) in [6, 6.07) is 16.1. The molecule has 0 atom stereocenters. The van der Waals surface area contributed by atoms with Crippen LogP contribution in [0.25, 0.3) is 22.4 Å². The van der Waals surface area contributed by atoms with E-state index in [1.165, 1.54) is 12.1 Å². The molecule has 6 heteroatoms. The van der Waals surface area contributed by atoms with Crippen LogP contribution in [0.3, 0.4) is 0 Å². The molecule has 23 heavy (non-hydrogen) atoms. The van der Waals surface area contributed by atoms with Gasteiger partial charge in [0, 0.05) is 17.7 Å². The molecule has 0 aliphatic heterocycles. The van der Waals surface area contributed by atoms with Crippen LogP contribution in [0.15, 0.2) is 63.5 Å². The van der Waals surface area contributed by atoms with E-state index in [1.807, 2.05) is 36.4 Å². The molecular formula is C17H12FN3O2. The van der Waals surface area contributed by atoms with Gasteiger partial charge in [0.15, 0.2) is 11.3 Å². The van der Waals surface area contributed by atoms with Crippen LogP contribution in [0.1, 0.15) is 5.69 Å². The molecule has 0 amide bonds. The van der Waals surface area contributed by atoms with Crippen molar-refractivity contribution in [2.45, 2.75) is 6.54 Å². The molecule has 0 unspecified atom stereocenters. The molecule has 0 aliphatic rings. The van der Waals surface area contributed by atoms with Gasteiger partial charge >= 0.3 is 0 Å². The Bertz CT molecular complexity index is 947. The Morgan fingerprint density at radius 1 is 1.04 bits per heavy atom. The van der Waals surface area contributed by atoms with Crippen molar-refractivity contribution in [3.63, 3.8) is 0 Å². The van der Waals surface area contributed by atoms with Crippen LogP contribution in [0, 0.1) is 5.82 Å². The van der Waals surface area contributed by atoms with Crippen molar-refractivity contribution in [1.82, 2.24) is 10.1 Å². The fourth-order valence-corrected chi connectivity index (χ4v) is 2.28. The molecule has 114 valence electrons. The summed E-state index contributed by atoms with van der Waals surface area (Å²) in [7, 11) is 0. The van der Waals surface area contributed by atoms with E-state index in [9.17, 15) is 4.39 Å². The Hall–Kier alpha value is -3.15. The predicted octanol–water partition coefficient (Wildman–Crippen LogP) is 4.23. The lowest BCUT2D eigenvalue weighted by atomic mass is 10.2. The molecule has 2 aromatic heterocycles. The smallest absolute Gasteiger partial charge is 0.296 e. The van der Waals surface area contributed by atoms with Crippen molar-refractivity contribution in [3.8, 4) is 11.3 Å². The van der Waals surface area contributed by atoms with E-state index in [1.54, 1.807) is 6.07 Å². The summed E-state index contributed by atoms with van der Waals surface area (Å²) in [5, 5.41) is 7.02. The van der Waals surface area contributed by atoms with E-state index < -0.39 is 0 Å². The maximum absolute atomic E-state index is 13.1. The van der Waals surface area contributed by atoms with Crippen molar-refractivity contribution in [1.29, 1.82) is 0 Å². The number of rotatable bonds is 4. The average Bonchev–Trinajstić information content (AvgIpc) is 3.20. The molecule has 0 spiro atoms. The number of nitrogens with zero attached hydrogens (tertiary/aromatic N) is 2. The third-order valence-corrected chi connectivity index (χ3v) is 3.39. The van der Waals surface area contributed by atoms with Crippen LogP contribution in [0.5, 0.6) is 0 Å².